The summed E-state index contributed by atoms with van der Waals surface area (Å²) in [6.45, 7) is 4.55. The highest BCUT2D eigenvalue weighted by Gasteiger charge is 2.32. The number of rotatable bonds is 4. The number of nitrogens with zero attached hydrogens (tertiary/aromatic N) is 1. The fourth-order valence-corrected chi connectivity index (χ4v) is 3.89. The standard InChI is InChI=1S/C18H21NO3S/c1-12-9-16(22-13(12)2)18-19(17(20)7-8-23-18)11-14-5-4-6-15(10-14)21-3/h4-6,9-10,18H,7-8,11H2,1-3H3. The second-order valence-electron chi connectivity index (χ2n) is 5.73. The fourth-order valence-electron chi connectivity index (χ4n) is 2.72. The van der Waals surface area contributed by atoms with Gasteiger partial charge in [-0.05, 0) is 43.2 Å². The lowest BCUT2D eigenvalue weighted by atomic mass is 10.2. The Balaban J connectivity index is 1.87. The first-order chi connectivity index (χ1) is 11.1. The maximum atomic E-state index is 12.5. The molecule has 4 nitrogen and oxygen atoms in total. The quantitative estimate of drug-likeness (QED) is 0.847. The van der Waals surface area contributed by atoms with Crippen LogP contribution >= 0.6 is 11.8 Å². The van der Waals surface area contributed by atoms with Crippen LogP contribution in [0.3, 0.4) is 0 Å². The largest absolute Gasteiger partial charge is 0.497 e. The van der Waals surface area contributed by atoms with Gasteiger partial charge in [0.1, 0.15) is 22.6 Å². The summed E-state index contributed by atoms with van der Waals surface area (Å²) in [4.78, 5) is 14.4. The van der Waals surface area contributed by atoms with E-state index in [-0.39, 0.29) is 11.3 Å². The van der Waals surface area contributed by atoms with Gasteiger partial charge in [-0.2, -0.15) is 0 Å². The molecule has 5 heteroatoms. The minimum atomic E-state index is -0.0603. The molecule has 0 saturated carbocycles. The van der Waals surface area contributed by atoms with Crippen molar-refractivity contribution in [3.8, 4) is 5.75 Å². The summed E-state index contributed by atoms with van der Waals surface area (Å²) in [5.74, 6) is 3.58. The Hall–Kier alpha value is -1.88. The smallest absolute Gasteiger partial charge is 0.224 e. The Morgan fingerprint density at radius 1 is 1.35 bits per heavy atom. The third-order valence-corrected chi connectivity index (χ3v) is 5.35. The zero-order chi connectivity index (χ0) is 16.4. The third kappa shape index (κ3) is 3.39. The fraction of sp³-hybridized carbons (Fsp3) is 0.389. The Labute approximate surface area is 140 Å². The molecule has 1 amide bonds. The number of carbonyl (C=O) groups excluding carboxylic acids is 1. The van der Waals surface area contributed by atoms with Gasteiger partial charge in [-0.15, -0.1) is 11.8 Å². The highest BCUT2D eigenvalue weighted by atomic mass is 32.2. The number of amides is 1. The Bertz CT molecular complexity index is 691. The highest BCUT2D eigenvalue weighted by Crippen LogP contribution is 2.39. The van der Waals surface area contributed by atoms with Crippen LogP contribution in [0, 0.1) is 13.8 Å². The van der Waals surface area contributed by atoms with Gasteiger partial charge < -0.3 is 14.1 Å². The van der Waals surface area contributed by atoms with E-state index < -0.39 is 0 Å². The lowest BCUT2D eigenvalue weighted by molar-refractivity contribution is -0.133. The number of benzene rings is 1. The Kier molecular flexibility index (Phi) is 4.66. The molecule has 1 aliphatic rings. The summed E-state index contributed by atoms with van der Waals surface area (Å²) in [7, 11) is 1.65. The molecule has 0 N–H and O–H groups in total. The monoisotopic (exact) mass is 331 g/mol. The number of thioether (sulfide) groups is 1. The van der Waals surface area contributed by atoms with Crippen LogP contribution in [0.25, 0.3) is 0 Å². The van der Waals surface area contributed by atoms with E-state index in [4.69, 9.17) is 9.15 Å². The van der Waals surface area contributed by atoms with Crippen LogP contribution in [-0.4, -0.2) is 23.7 Å². The first-order valence-corrected chi connectivity index (χ1v) is 8.74. The van der Waals surface area contributed by atoms with E-state index in [2.05, 4.69) is 0 Å². The summed E-state index contributed by atoms with van der Waals surface area (Å²) < 4.78 is 11.1. The lowest BCUT2D eigenvalue weighted by Gasteiger charge is -2.34. The van der Waals surface area contributed by atoms with E-state index in [9.17, 15) is 4.79 Å². The molecular weight excluding hydrogens is 310 g/mol. The van der Waals surface area contributed by atoms with Crippen LogP contribution in [0.5, 0.6) is 5.75 Å². The van der Waals surface area contributed by atoms with Crippen molar-refractivity contribution in [3.05, 3.63) is 53.0 Å². The average molecular weight is 331 g/mol. The summed E-state index contributed by atoms with van der Waals surface area (Å²) in [5, 5.41) is -0.0603. The van der Waals surface area contributed by atoms with Crippen LogP contribution in [0.2, 0.25) is 0 Å². The maximum absolute atomic E-state index is 12.5. The Morgan fingerprint density at radius 3 is 2.87 bits per heavy atom. The first kappa shape index (κ1) is 16.0. The van der Waals surface area contributed by atoms with Crippen molar-refractivity contribution in [1.82, 2.24) is 4.90 Å². The van der Waals surface area contributed by atoms with Crippen LogP contribution in [0.1, 0.15) is 34.4 Å². The molecule has 1 aliphatic heterocycles. The molecule has 23 heavy (non-hydrogen) atoms. The summed E-state index contributed by atoms with van der Waals surface area (Å²) in [5.41, 5.74) is 2.19. The van der Waals surface area contributed by atoms with Gasteiger partial charge in [-0.3, -0.25) is 4.79 Å². The number of ether oxygens (including phenoxy) is 1. The zero-order valence-electron chi connectivity index (χ0n) is 13.7. The normalized spacial score (nSPS) is 18.3. The second-order valence-corrected chi connectivity index (χ2v) is 6.92. The van der Waals surface area contributed by atoms with Gasteiger partial charge in [-0.25, -0.2) is 0 Å². The number of furan rings is 1. The minimum Gasteiger partial charge on any atom is -0.497 e. The number of aryl methyl sites for hydroxylation is 2. The van der Waals surface area contributed by atoms with Gasteiger partial charge >= 0.3 is 0 Å². The van der Waals surface area contributed by atoms with Crippen molar-refractivity contribution in [3.63, 3.8) is 0 Å². The van der Waals surface area contributed by atoms with Crippen LogP contribution in [-0.2, 0) is 11.3 Å². The van der Waals surface area contributed by atoms with Crippen molar-refractivity contribution in [2.45, 2.75) is 32.2 Å². The highest BCUT2D eigenvalue weighted by molar-refractivity contribution is 7.99. The van der Waals surface area contributed by atoms with Gasteiger partial charge in [0, 0.05) is 18.7 Å². The van der Waals surface area contributed by atoms with Crippen molar-refractivity contribution in [2.75, 3.05) is 12.9 Å². The second kappa shape index (κ2) is 6.71. The molecule has 1 fully saturated rings. The van der Waals surface area contributed by atoms with Crippen molar-refractivity contribution in [2.24, 2.45) is 0 Å². The number of hydrogen-bond acceptors (Lipinski definition) is 4. The van der Waals surface area contributed by atoms with Crippen LogP contribution in [0.15, 0.2) is 34.7 Å². The Morgan fingerprint density at radius 2 is 2.17 bits per heavy atom. The van der Waals surface area contributed by atoms with Gasteiger partial charge in [-0.1, -0.05) is 12.1 Å². The van der Waals surface area contributed by atoms with Crippen molar-refractivity contribution < 1.29 is 13.9 Å². The molecule has 2 aromatic rings. The molecule has 1 aromatic heterocycles. The van der Waals surface area contributed by atoms with E-state index in [1.54, 1.807) is 18.9 Å². The predicted molar refractivity (Wildman–Crippen MR) is 91.5 cm³/mol. The topological polar surface area (TPSA) is 42.7 Å². The first-order valence-electron chi connectivity index (χ1n) is 7.69. The van der Waals surface area contributed by atoms with E-state index in [0.29, 0.717) is 13.0 Å². The van der Waals surface area contributed by atoms with Gasteiger partial charge in [0.2, 0.25) is 5.91 Å². The number of hydrogen-bond donors (Lipinski definition) is 0. The zero-order valence-corrected chi connectivity index (χ0v) is 14.5. The molecule has 1 saturated heterocycles. The molecule has 0 radical (unpaired) electrons. The molecule has 122 valence electrons. The third-order valence-electron chi connectivity index (χ3n) is 4.11. The maximum Gasteiger partial charge on any atom is 0.224 e. The van der Waals surface area contributed by atoms with Crippen molar-refractivity contribution >= 4 is 17.7 Å². The van der Waals surface area contributed by atoms with Crippen LogP contribution < -0.4 is 4.74 Å². The van der Waals surface area contributed by atoms with Gasteiger partial charge in [0.15, 0.2) is 0 Å². The SMILES string of the molecule is COc1cccc(CN2C(=O)CCSC2c2cc(C)c(C)o2)c1. The van der Waals surface area contributed by atoms with E-state index >= 15 is 0 Å². The molecule has 1 unspecified atom stereocenters. The van der Waals surface area contributed by atoms with Crippen molar-refractivity contribution in [1.29, 1.82) is 0 Å². The van der Waals surface area contributed by atoms with E-state index in [1.165, 1.54) is 0 Å². The van der Waals surface area contributed by atoms with Crippen LogP contribution in [0.4, 0.5) is 0 Å². The summed E-state index contributed by atoms with van der Waals surface area (Å²) in [6.07, 6.45) is 0.573. The number of carbonyl (C=O) groups is 1. The lowest BCUT2D eigenvalue weighted by Crippen LogP contribution is -2.36. The van der Waals surface area contributed by atoms with Gasteiger partial charge in [0.05, 0.1) is 7.11 Å². The molecule has 2 heterocycles. The van der Waals surface area contributed by atoms with E-state index in [1.807, 2.05) is 49.1 Å². The molecule has 3 rings (SSSR count). The van der Waals surface area contributed by atoms with E-state index in [0.717, 1.165) is 34.1 Å². The van der Waals surface area contributed by atoms with Gasteiger partial charge in [0.25, 0.3) is 0 Å². The molecular formula is C18H21NO3S. The number of methoxy groups -OCH3 is 1. The summed E-state index contributed by atoms with van der Waals surface area (Å²) in [6, 6.07) is 9.90. The average Bonchev–Trinajstić information content (AvgIpc) is 2.88. The predicted octanol–water partition coefficient (Wildman–Crippen LogP) is 4.07. The summed E-state index contributed by atoms with van der Waals surface area (Å²) >= 11 is 1.76. The molecule has 1 aromatic carbocycles. The molecule has 0 spiro atoms. The molecule has 0 aliphatic carbocycles. The molecule has 1 atom stereocenters. The molecule has 0 bridgehead atoms. The minimum absolute atomic E-state index is 0.0603.